The van der Waals surface area contributed by atoms with Crippen LogP contribution in [-0.4, -0.2) is 43.4 Å². The summed E-state index contributed by atoms with van der Waals surface area (Å²) in [5.74, 6) is 0. The molecule has 0 saturated heterocycles. The molecule has 8 aromatic rings. The van der Waals surface area contributed by atoms with Crippen molar-refractivity contribution in [2.24, 2.45) is 0 Å². The van der Waals surface area contributed by atoms with Crippen molar-refractivity contribution in [1.82, 2.24) is 43.4 Å². The Labute approximate surface area is 316 Å². The van der Waals surface area contributed by atoms with Crippen molar-refractivity contribution in [3.8, 4) is 0 Å². The van der Waals surface area contributed by atoms with Crippen molar-refractivity contribution in [3.05, 3.63) is 141 Å². The Morgan fingerprint density at radius 3 is 1.37 bits per heavy atom. The summed E-state index contributed by atoms with van der Waals surface area (Å²) in [5.41, 5.74) is 4.16. The second-order valence-corrected chi connectivity index (χ2v) is 7.52. The molecule has 8 heterocycles. The summed E-state index contributed by atoms with van der Waals surface area (Å²) in [6.45, 7) is 32.0. The number of tetrazole rings is 1. The molecule has 288 valence electrons. The van der Waals surface area contributed by atoms with E-state index in [4.69, 9.17) is 0 Å². The van der Waals surface area contributed by atoms with Crippen LogP contribution in [0.3, 0.4) is 0 Å². The van der Waals surface area contributed by atoms with Crippen molar-refractivity contribution in [2.75, 3.05) is 0 Å². The van der Waals surface area contributed by atoms with Crippen LogP contribution in [0.15, 0.2) is 141 Å². The van der Waals surface area contributed by atoms with E-state index >= 15 is 0 Å². The lowest BCUT2D eigenvalue weighted by Crippen LogP contribution is -1.83. The summed E-state index contributed by atoms with van der Waals surface area (Å²) >= 11 is 0. The van der Waals surface area contributed by atoms with Gasteiger partial charge in [0.1, 0.15) is 5.65 Å². The van der Waals surface area contributed by atoms with Crippen LogP contribution in [0.4, 0.5) is 0 Å². The fraction of sp³-hybridized carbons (Fsp3) is 0.372. The molecule has 9 heteroatoms. The molecule has 0 atom stereocenters. The van der Waals surface area contributed by atoms with E-state index in [1.165, 1.54) is 5.52 Å². The van der Waals surface area contributed by atoms with Gasteiger partial charge in [-0.2, -0.15) is 5.10 Å². The molecule has 8 rings (SSSR count). The summed E-state index contributed by atoms with van der Waals surface area (Å²) in [6, 6.07) is 29.8. The average Bonchev–Trinajstić information content (AvgIpc) is 4.12. The van der Waals surface area contributed by atoms with E-state index in [9.17, 15) is 0 Å². The van der Waals surface area contributed by atoms with Gasteiger partial charge < -0.3 is 8.80 Å². The van der Waals surface area contributed by atoms with Gasteiger partial charge in [-0.1, -0.05) is 135 Å². The molecule has 0 fully saturated rings. The van der Waals surface area contributed by atoms with E-state index in [-0.39, 0.29) is 0 Å². The number of fused-ring (bicyclic) bond motifs is 4. The second kappa shape index (κ2) is 41.9. The second-order valence-electron chi connectivity index (χ2n) is 7.52. The summed E-state index contributed by atoms with van der Waals surface area (Å²) in [5, 5.41) is 14.9. The summed E-state index contributed by atoms with van der Waals surface area (Å²) < 4.78 is 7.50. The molecule has 0 radical (unpaired) electrons. The molecule has 0 aromatic carbocycles. The average molecular weight is 714 g/mol. The number of pyridine rings is 4. The third-order valence-electron chi connectivity index (χ3n) is 5.15. The van der Waals surface area contributed by atoms with E-state index in [1.54, 1.807) is 23.1 Å². The Balaban J connectivity index is -0.000000262. The number of hydrogen-bond donors (Lipinski definition) is 0. The third kappa shape index (κ3) is 21.7. The zero-order chi connectivity index (χ0) is 40.4. The van der Waals surface area contributed by atoms with Gasteiger partial charge in [0.15, 0.2) is 5.65 Å². The van der Waals surface area contributed by atoms with Crippen LogP contribution >= 0.6 is 0 Å². The minimum Gasteiger partial charge on any atom is -0.324 e. The number of imidazole rings is 1. The molecular formula is C43H71N9. The monoisotopic (exact) mass is 714 g/mol. The molecular weight excluding hydrogens is 643 g/mol. The molecule has 0 unspecified atom stereocenters. The lowest BCUT2D eigenvalue weighted by Gasteiger charge is -1.88. The largest absolute Gasteiger partial charge is 0.324 e. The van der Waals surface area contributed by atoms with Gasteiger partial charge in [0.2, 0.25) is 0 Å². The molecule has 0 aliphatic carbocycles. The Morgan fingerprint density at radius 1 is 0.365 bits per heavy atom. The van der Waals surface area contributed by atoms with Gasteiger partial charge in [-0.3, -0.25) is 0 Å². The Morgan fingerprint density at radius 2 is 0.827 bits per heavy atom. The van der Waals surface area contributed by atoms with Crippen LogP contribution in [0, 0.1) is 0 Å². The predicted molar refractivity (Wildman–Crippen MR) is 229 cm³/mol. The van der Waals surface area contributed by atoms with Crippen LogP contribution in [0.1, 0.15) is 111 Å². The molecule has 8 aromatic heterocycles. The van der Waals surface area contributed by atoms with Crippen LogP contribution in [0.5, 0.6) is 0 Å². The van der Waals surface area contributed by atoms with Gasteiger partial charge in [-0.25, -0.2) is 14.0 Å². The fourth-order valence-corrected chi connectivity index (χ4v) is 3.40. The normalized spacial score (nSPS) is 8.00. The minimum absolute atomic E-state index is 0.775. The first kappa shape index (κ1) is 53.5. The van der Waals surface area contributed by atoms with Gasteiger partial charge in [-0.05, 0) is 77.2 Å². The quantitative estimate of drug-likeness (QED) is 0.156. The first-order valence-electron chi connectivity index (χ1n) is 19.3. The highest BCUT2D eigenvalue weighted by Crippen LogP contribution is 2.01. The van der Waals surface area contributed by atoms with Gasteiger partial charge in [0, 0.05) is 55.1 Å². The van der Waals surface area contributed by atoms with Crippen LogP contribution in [0.2, 0.25) is 0 Å². The van der Waals surface area contributed by atoms with E-state index in [0.717, 1.165) is 16.8 Å². The van der Waals surface area contributed by atoms with E-state index < -0.39 is 0 Å². The van der Waals surface area contributed by atoms with Crippen molar-refractivity contribution in [2.45, 2.75) is 111 Å². The zero-order valence-electron chi connectivity index (χ0n) is 35.3. The summed E-state index contributed by atoms with van der Waals surface area (Å²) in [6.07, 6.45) is 15.3. The zero-order valence-corrected chi connectivity index (χ0v) is 35.3. The highest BCUT2D eigenvalue weighted by Gasteiger charge is 1.89. The van der Waals surface area contributed by atoms with Crippen molar-refractivity contribution < 1.29 is 0 Å². The topological polar surface area (TPSA) is 82.1 Å². The Hall–Kier alpha value is -5.31. The maximum atomic E-state index is 4.08. The number of hydrogen-bond acceptors (Lipinski definition) is 5. The maximum absolute atomic E-state index is 4.08. The van der Waals surface area contributed by atoms with E-state index in [1.807, 2.05) is 230 Å². The smallest absolute Gasteiger partial charge is 0.179 e. The first-order chi connectivity index (χ1) is 25.9. The van der Waals surface area contributed by atoms with Crippen molar-refractivity contribution >= 4 is 22.3 Å². The minimum atomic E-state index is 0.775. The standard InChI is InChI=1S/C8H7N.2C7H6N2.C5H4N4.8C2H6/c1-2-6-9-7-3-5-8(9)4-1;1-2-6-9-7(3-1)4-5-8-9;1-2-5-9-6-4-8-7(9)3-1;1-2-4-9-5(3-1)6-7-8-9;8*1-2/h1-7H;2*1-6H;1-4H;8*1-2H3. The maximum Gasteiger partial charge on any atom is 0.179 e. The first-order valence-corrected chi connectivity index (χ1v) is 19.3. The van der Waals surface area contributed by atoms with E-state index in [2.05, 4.69) is 42.1 Å². The van der Waals surface area contributed by atoms with Gasteiger partial charge in [0.25, 0.3) is 0 Å². The van der Waals surface area contributed by atoms with Gasteiger partial charge in [0.05, 0.1) is 5.52 Å². The summed E-state index contributed by atoms with van der Waals surface area (Å²) in [4.78, 5) is 4.08. The van der Waals surface area contributed by atoms with Crippen LogP contribution in [0.25, 0.3) is 22.3 Å². The van der Waals surface area contributed by atoms with Gasteiger partial charge in [-0.15, -0.1) is 5.10 Å². The van der Waals surface area contributed by atoms with Gasteiger partial charge >= 0.3 is 0 Å². The van der Waals surface area contributed by atoms with Crippen molar-refractivity contribution in [3.63, 3.8) is 0 Å². The predicted octanol–water partition coefficient (Wildman–Crippen LogP) is 12.9. The molecule has 0 saturated carbocycles. The molecule has 0 spiro atoms. The highest BCUT2D eigenvalue weighted by atomic mass is 15.5. The lowest BCUT2D eigenvalue weighted by molar-refractivity contribution is 0.823. The fourth-order valence-electron chi connectivity index (χ4n) is 3.40. The van der Waals surface area contributed by atoms with Crippen LogP contribution in [-0.2, 0) is 0 Å². The Kier molecular flexibility index (Phi) is 43.1. The molecule has 0 bridgehead atoms. The highest BCUT2D eigenvalue weighted by molar-refractivity contribution is 5.46. The van der Waals surface area contributed by atoms with E-state index in [0.29, 0.717) is 0 Å². The number of nitrogens with zero attached hydrogens (tertiary/aromatic N) is 9. The van der Waals surface area contributed by atoms with Crippen LogP contribution < -0.4 is 0 Å². The third-order valence-corrected chi connectivity index (χ3v) is 5.15. The lowest BCUT2D eigenvalue weighted by atomic mass is 10.4. The Bertz CT molecular complexity index is 1390. The van der Waals surface area contributed by atoms with Crippen molar-refractivity contribution in [1.29, 1.82) is 0 Å². The molecule has 9 nitrogen and oxygen atoms in total. The molecule has 0 amide bonds. The molecule has 0 aliphatic rings. The molecule has 0 N–H and O–H groups in total. The molecule has 0 aliphatic heterocycles. The number of aromatic nitrogens is 9. The summed E-state index contributed by atoms with van der Waals surface area (Å²) in [7, 11) is 0. The number of rotatable bonds is 0. The molecule has 52 heavy (non-hydrogen) atoms. The SMILES string of the molecule is CC.CC.CC.CC.CC.CC.CC.CC.c1ccn2cccc2c1.c1ccn2ccnc2c1.c1ccn2nccc2c1.c1ccn2nnnc2c1.